The van der Waals surface area contributed by atoms with Crippen LogP contribution in [0.3, 0.4) is 0 Å². The van der Waals surface area contributed by atoms with Crippen LogP contribution in [-0.4, -0.2) is 22.6 Å². The van der Waals surface area contributed by atoms with Crippen LogP contribution in [0.15, 0.2) is 24.3 Å². The van der Waals surface area contributed by atoms with Crippen LogP contribution in [0.4, 0.5) is 11.6 Å². The van der Waals surface area contributed by atoms with Gasteiger partial charge in [0.05, 0.1) is 11.0 Å². The number of nitrogens with two attached hydrogens (primary N) is 1. The van der Waals surface area contributed by atoms with Crippen molar-refractivity contribution in [3.8, 4) is 0 Å². The van der Waals surface area contributed by atoms with Gasteiger partial charge in [-0.2, -0.15) is 0 Å². The Hall–Kier alpha value is -1.84. The largest absolute Gasteiger partial charge is 0.381 e. The fourth-order valence-electron chi connectivity index (χ4n) is 2.75. The Kier molecular flexibility index (Phi) is 4.99. The Morgan fingerprint density at radius 3 is 2.14 bits per heavy atom. The highest BCUT2D eigenvalue weighted by molar-refractivity contribution is 5.79. The van der Waals surface area contributed by atoms with Crippen molar-refractivity contribution in [2.24, 2.45) is 5.92 Å². The highest BCUT2D eigenvalue weighted by Gasteiger charge is 2.21. The van der Waals surface area contributed by atoms with Crippen LogP contribution in [0, 0.1) is 5.92 Å². The first kappa shape index (κ1) is 15.5. The van der Waals surface area contributed by atoms with E-state index < -0.39 is 0 Å². The molecule has 1 aromatic heterocycles. The van der Waals surface area contributed by atoms with E-state index in [0.29, 0.717) is 17.8 Å². The summed E-state index contributed by atoms with van der Waals surface area (Å²) in [7, 11) is 0. The van der Waals surface area contributed by atoms with E-state index in [1.54, 1.807) is 0 Å². The van der Waals surface area contributed by atoms with Crippen LogP contribution in [-0.2, 0) is 0 Å². The molecule has 1 aromatic carbocycles. The maximum atomic E-state index is 6.20. The first-order valence-electron chi connectivity index (χ1n) is 7.85. The topological polar surface area (TPSA) is 55.0 Å². The highest BCUT2D eigenvalue weighted by Crippen LogP contribution is 2.27. The van der Waals surface area contributed by atoms with Crippen LogP contribution in [0.1, 0.15) is 40.5 Å². The third-order valence-electron chi connectivity index (χ3n) is 3.80. The van der Waals surface area contributed by atoms with Crippen molar-refractivity contribution in [3.63, 3.8) is 0 Å². The number of nitrogens with zero attached hydrogens (tertiary/aromatic N) is 3. The van der Waals surface area contributed by atoms with Crippen molar-refractivity contribution < 1.29 is 0 Å². The number of anilines is 2. The molecule has 0 aliphatic heterocycles. The van der Waals surface area contributed by atoms with E-state index in [1.165, 1.54) is 0 Å². The Morgan fingerprint density at radius 2 is 1.62 bits per heavy atom. The second-order valence-electron chi connectivity index (χ2n) is 5.94. The normalized spacial score (nSPS) is 11.5. The summed E-state index contributed by atoms with van der Waals surface area (Å²) in [4.78, 5) is 11.6. The number of nitrogen functional groups attached to an aromatic ring is 1. The van der Waals surface area contributed by atoms with Gasteiger partial charge in [0.1, 0.15) is 0 Å². The van der Waals surface area contributed by atoms with Gasteiger partial charge in [0.25, 0.3) is 0 Å². The van der Waals surface area contributed by atoms with Crippen molar-refractivity contribution in [3.05, 3.63) is 24.3 Å². The minimum absolute atomic E-state index is 0.449. The Labute approximate surface area is 127 Å². The van der Waals surface area contributed by atoms with Crippen LogP contribution in [0.2, 0.25) is 0 Å². The fraction of sp³-hybridized carbons (Fsp3) is 0.529. The van der Waals surface area contributed by atoms with Crippen molar-refractivity contribution >= 4 is 22.7 Å². The summed E-state index contributed by atoms with van der Waals surface area (Å²) in [5.41, 5.74) is 7.95. The summed E-state index contributed by atoms with van der Waals surface area (Å²) in [5.74, 6) is 1.91. The first-order chi connectivity index (χ1) is 10.1. The molecule has 21 heavy (non-hydrogen) atoms. The SMILES string of the molecule is CCC(CC)N(CC(C)C)c1nc2ccccc2nc1N. The Balaban J connectivity index is 2.49. The van der Waals surface area contributed by atoms with Gasteiger partial charge in [-0.25, -0.2) is 9.97 Å². The summed E-state index contributed by atoms with van der Waals surface area (Å²) < 4.78 is 0. The van der Waals surface area contributed by atoms with E-state index in [-0.39, 0.29) is 0 Å². The lowest BCUT2D eigenvalue weighted by atomic mass is 10.1. The molecule has 2 aromatic rings. The van der Waals surface area contributed by atoms with Gasteiger partial charge in [-0.05, 0) is 30.9 Å². The molecule has 0 fully saturated rings. The number of benzene rings is 1. The van der Waals surface area contributed by atoms with Gasteiger partial charge in [-0.3, -0.25) is 0 Å². The fourth-order valence-corrected chi connectivity index (χ4v) is 2.75. The molecular formula is C17H26N4. The highest BCUT2D eigenvalue weighted by atomic mass is 15.2. The van der Waals surface area contributed by atoms with Crippen LogP contribution >= 0.6 is 0 Å². The molecule has 0 bridgehead atoms. The summed E-state index contributed by atoms with van der Waals surface area (Å²) in [6.07, 6.45) is 2.16. The molecule has 2 N–H and O–H groups in total. The third-order valence-corrected chi connectivity index (χ3v) is 3.80. The number of fused-ring (bicyclic) bond motifs is 1. The smallest absolute Gasteiger partial charge is 0.172 e. The van der Waals surface area contributed by atoms with Crippen LogP contribution in [0.5, 0.6) is 0 Å². The molecule has 0 spiro atoms. The molecule has 1 heterocycles. The Bertz CT molecular complexity index is 590. The van der Waals surface area contributed by atoms with Gasteiger partial charge < -0.3 is 10.6 Å². The van der Waals surface area contributed by atoms with Crippen molar-refractivity contribution in [2.45, 2.75) is 46.6 Å². The molecule has 0 amide bonds. The summed E-state index contributed by atoms with van der Waals surface area (Å²) in [6.45, 7) is 9.82. The number of hydrogen-bond donors (Lipinski definition) is 1. The molecule has 4 heteroatoms. The average molecular weight is 286 g/mol. The quantitative estimate of drug-likeness (QED) is 0.876. The molecule has 4 nitrogen and oxygen atoms in total. The van der Waals surface area contributed by atoms with E-state index in [1.807, 2.05) is 24.3 Å². The molecular weight excluding hydrogens is 260 g/mol. The molecule has 114 valence electrons. The number of aromatic nitrogens is 2. The van der Waals surface area contributed by atoms with E-state index in [0.717, 1.165) is 36.2 Å². The van der Waals surface area contributed by atoms with E-state index in [2.05, 4.69) is 37.6 Å². The van der Waals surface area contributed by atoms with Crippen LogP contribution < -0.4 is 10.6 Å². The van der Waals surface area contributed by atoms with Crippen molar-refractivity contribution in [1.82, 2.24) is 9.97 Å². The molecule has 2 rings (SSSR count). The lowest BCUT2D eigenvalue weighted by Gasteiger charge is -2.33. The van der Waals surface area contributed by atoms with Crippen molar-refractivity contribution in [1.29, 1.82) is 0 Å². The standard InChI is InChI=1S/C17H26N4/c1-5-13(6-2)21(11-12(3)4)17-16(18)19-14-9-7-8-10-15(14)20-17/h7-10,12-13H,5-6,11H2,1-4H3,(H2,18,19). The Morgan fingerprint density at radius 1 is 1.05 bits per heavy atom. The average Bonchev–Trinajstić information content (AvgIpc) is 2.46. The number of rotatable bonds is 6. The summed E-state index contributed by atoms with van der Waals surface area (Å²) >= 11 is 0. The van der Waals surface area contributed by atoms with Crippen LogP contribution in [0.25, 0.3) is 11.0 Å². The second-order valence-corrected chi connectivity index (χ2v) is 5.94. The summed E-state index contributed by atoms with van der Waals surface area (Å²) in [5, 5.41) is 0. The zero-order chi connectivity index (χ0) is 15.4. The lowest BCUT2D eigenvalue weighted by Crippen LogP contribution is -2.38. The maximum Gasteiger partial charge on any atom is 0.172 e. The zero-order valence-corrected chi connectivity index (χ0v) is 13.5. The van der Waals surface area contributed by atoms with Crippen molar-refractivity contribution in [2.75, 3.05) is 17.2 Å². The summed E-state index contributed by atoms with van der Waals surface area (Å²) in [6, 6.07) is 8.34. The number of para-hydroxylation sites is 2. The second kappa shape index (κ2) is 6.74. The number of hydrogen-bond acceptors (Lipinski definition) is 4. The lowest BCUT2D eigenvalue weighted by molar-refractivity contribution is 0.504. The van der Waals surface area contributed by atoms with Gasteiger partial charge in [0, 0.05) is 12.6 Å². The van der Waals surface area contributed by atoms with Gasteiger partial charge in [-0.1, -0.05) is 39.8 Å². The molecule has 0 atom stereocenters. The molecule has 0 radical (unpaired) electrons. The van der Waals surface area contributed by atoms with E-state index >= 15 is 0 Å². The van der Waals surface area contributed by atoms with Gasteiger partial charge >= 0.3 is 0 Å². The molecule has 0 aliphatic carbocycles. The molecule has 0 unspecified atom stereocenters. The zero-order valence-electron chi connectivity index (χ0n) is 13.5. The van der Waals surface area contributed by atoms with E-state index in [9.17, 15) is 0 Å². The van der Waals surface area contributed by atoms with Gasteiger partial charge in [0.15, 0.2) is 11.6 Å². The molecule has 0 saturated carbocycles. The molecule has 0 aliphatic rings. The first-order valence-corrected chi connectivity index (χ1v) is 7.85. The maximum absolute atomic E-state index is 6.20. The predicted octanol–water partition coefficient (Wildman–Crippen LogP) is 3.86. The third kappa shape index (κ3) is 3.43. The van der Waals surface area contributed by atoms with E-state index in [4.69, 9.17) is 10.7 Å². The monoisotopic (exact) mass is 286 g/mol. The van der Waals surface area contributed by atoms with Gasteiger partial charge in [-0.15, -0.1) is 0 Å². The predicted molar refractivity (Wildman–Crippen MR) is 90.5 cm³/mol. The molecule has 0 saturated heterocycles. The minimum Gasteiger partial charge on any atom is -0.381 e. The minimum atomic E-state index is 0.449. The van der Waals surface area contributed by atoms with Gasteiger partial charge in [0.2, 0.25) is 0 Å².